The second-order valence-electron chi connectivity index (χ2n) is 6.04. The number of aromatic amines is 1. The van der Waals surface area contributed by atoms with Crippen LogP contribution in [0.3, 0.4) is 0 Å². The van der Waals surface area contributed by atoms with Crippen LogP contribution in [0.5, 0.6) is 0 Å². The molecule has 6 heteroatoms. The smallest absolute Gasteiger partial charge is 0.191 e. The van der Waals surface area contributed by atoms with E-state index in [-0.39, 0.29) is 24.0 Å². The first-order chi connectivity index (χ1) is 12.8. The molecule has 0 bridgehead atoms. The van der Waals surface area contributed by atoms with E-state index < -0.39 is 0 Å². The van der Waals surface area contributed by atoms with E-state index in [4.69, 9.17) is 5.26 Å². The van der Waals surface area contributed by atoms with Crippen molar-refractivity contribution in [1.82, 2.24) is 15.6 Å². The molecule has 0 aliphatic heterocycles. The highest BCUT2D eigenvalue weighted by molar-refractivity contribution is 14.0. The van der Waals surface area contributed by atoms with Gasteiger partial charge in [-0.3, -0.25) is 0 Å². The van der Waals surface area contributed by atoms with Gasteiger partial charge in [0.25, 0.3) is 0 Å². The number of nitrogens with zero attached hydrogens (tertiary/aromatic N) is 2. The lowest BCUT2D eigenvalue weighted by Crippen LogP contribution is -2.38. The maximum atomic E-state index is 8.99. The predicted octanol–water partition coefficient (Wildman–Crippen LogP) is 3.96. The lowest BCUT2D eigenvalue weighted by atomic mass is 10.1. The Morgan fingerprint density at radius 2 is 2.00 bits per heavy atom. The van der Waals surface area contributed by atoms with Gasteiger partial charge in [-0.15, -0.1) is 24.0 Å². The number of aromatic nitrogens is 1. The van der Waals surface area contributed by atoms with E-state index in [1.54, 1.807) is 6.07 Å². The molecule has 0 amide bonds. The Kier molecular flexibility index (Phi) is 8.14. The normalized spacial score (nSPS) is 10.9. The summed E-state index contributed by atoms with van der Waals surface area (Å²) in [5.41, 5.74) is 4.15. The molecule has 0 atom stereocenters. The molecule has 3 aromatic rings. The van der Waals surface area contributed by atoms with Gasteiger partial charge in [-0.2, -0.15) is 5.26 Å². The summed E-state index contributed by atoms with van der Waals surface area (Å²) in [5.74, 6) is 0.787. The van der Waals surface area contributed by atoms with Crippen molar-refractivity contribution in [1.29, 1.82) is 5.26 Å². The van der Waals surface area contributed by atoms with Crippen LogP contribution in [0.15, 0.2) is 59.7 Å². The number of nitrogens with one attached hydrogen (secondary N) is 3. The Hall–Kier alpha value is -2.53. The zero-order valence-electron chi connectivity index (χ0n) is 15.3. The van der Waals surface area contributed by atoms with Crippen molar-refractivity contribution in [2.24, 2.45) is 4.99 Å². The summed E-state index contributed by atoms with van der Waals surface area (Å²) in [6.07, 6.45) is 2.99. The van der Waals surface area contributed by atoms with E-state index in [2.05, 4.69) is 51.1 Å². The molecule has 3 rings (SSSR count). The lowest BCUT2D eigenvalue weighted by Gasteiger charge is -2.11. The molecular formula is C21H24IN5. The molecular weight excluding hydrogens is 449 g/mol. The number of para-hydroxylation sites is 1. The highest BCUT2D eigenvalue weighted by atomic mass is 127. The average molecular weight is 473 g/mol. The number of H-pyrrole nitrogens is 1. The molecule has 27 heavy (non-hydrogen) atoms. The van der Waals surface area contributed by atoms with Crippen LogP contribution < -0.4 is 10.6 Å². The first kappa shape index (κ1) is 20.8. The number of benzene rings is 2. The van der Waals surface area contributed by atoms with Gasteiger partial charge < -0.3 is 15.6 Å². The van der Waals surface area contributed by atoms with Gasteiger partial charge in [0.15, 0.2) is 5.96 Å². The number of hydrogen-bond acceptors (Lipinski definition) is 2. The third-order valence-electron chi connectivity index (χ3n) is 4.18. The van der Waals surface area contributed by atoms with Crippen molar-refractivity contribution in [3.8, 4) is 6.07 Å². The van der Waals surface area contributed by atoms with Crippen molar-refractivity contribution in [3.63, 3.8) is 0 Å². The van der Waals surface area contributed by atoms with Crippen molar-refractivity contribution in [2.45, 2.75) is 19.9 Å². The molecule has 140 valence electrons. The molecule has 0 saturated carbocycles. The summed E-state index contributed by atoms with van der Waals surface area (Å²) in [5, 5.41) is 16.9. The van der Waals surface area contributed by atoms with Crippen LogP contribution in [0.2, 0.25) is 0 Å². The van der Waals surface area contributed by atoms with Gasteiger partial charge in [0.2, 0.25) is 0 Å². The van der Waals surface area contributed by atoms with Gasteiger partial charge in [0.05, 0.1) is 18.2 Å². The van der Waals surface area contributed by atoms with Crippen LogP contribution in [0.1, 0.15) is 23.6 Å². The van der Waals surface area contributed by atoms with Crippen molar-refractivity contribution < 1.29 is 0 Å². The van der Waals surface area contributed by atoms with Gasteiger partial charge in [-0.05, 0) is 42.7 Å². The minimum atomic E-state index is 0. The Morgan fingerprint density at radius 1 is 1.15 bits per heavy atom. The molecule has 0 saturated heterocycles. The predicted molar refractivity (Wildman–Crippen MR) is 121 cm³/mol. The minimum absolute atomic E-state index is 0. The standard InChI is InChI=1S/C21H23N5.HI/c1-2-23-21(26-14-17-7-5-6-16(12-17)13-22)24-11-10-18-15-25-20-9-4-3-8-19(18)20;/h3-9,12,15,25H,2,10-11,14H2,1H3,(H2,23,24,26);1H. The Bertz CT molecular complexity index is 939. The van der Waals surface area contributed by atoms with Crippen LogP contribution in [-0.2, 0) is 13.0 Å². The van der Waals surface area contributed by atoms with Gasteiger partial charge in [0.1, 0.15) is 0 Å². The molecule has 0 spiro atoms. The van der Waals surface area contributed by atoms with Crippen molar-refractivity contribution in [2.75, 3.05) is 13.1 Å². The second kappa shape index (κ2) is 10.6. The molecule has 3 N–H and O–H groups in total. The fraction of sp³-hybridized carbons (Fsp3) is 0.238. The van der Waals surface area contributed by atoms with Crippen LogP contribution in [-0.4, -0.2) is 24.0 Å². The molecule has 0 radical (unpaired) electrons. The summed E-state index contributed by atoms with van der Waals surface area (Å²) < 4.78 is 0. The van der Waals surface area contributed by atoms with Crippen LogP contribution >= 0.6 is 24.0 Å². The van der Waals surface area contributed by atoms with E-state index in [1.165, 1.54) is 16.5 Å². The largest absolute Gasteiger partial charge is 0.361 e. The van der Waals surface area contributed by atoms with E-state index >= 15 is 0 Å². The molecule has 0 unspecified atom stereocenters. The molecule has 1 aromatic heterocycles. The van der Waals surface area contributed by atoms with Gasteiger partial charge in [-0.1, -0.05) is 30.3 Å². The number of rotatable bonds is 6. The van der Waals surface area contributed by atoms with Crippen molar-refractivity contribution in [3.05, 3.63) is 71.4 Å². The van der Waals surface area contributed by atoms with E-state index in [0.29, 0.717) is 12.1 Å². The lowest BCUT2D eigenvalue weighted by molar-refractivity contribution is 0.801. The quantitative estimate of drug-likeness (QED) is 0.288. The van der Waals surface area contributed by atoms with Gasteiger partial charge >= 0.3 is 0 Å². The van der Waals surface area contributed by atoms with Gasteiger partial charge in [0, 0.05) is 30.2 Å². The number of halogens is 1. The highest BCUT2D eigenvalue weighted by Crippen LogP contribution is 2.17. The third kappa shape index (κ3) is 5.73. The first-order valence-corrected chi connectivity index (χ1v) is 8.86. The topological polar surface area (TPSA) is 76.0 Å². The number of hydrogen-bond donors (Lipinski definition) is 3. The van der Waals surface area contributed by atoms with Crippen LogP contribution in [0.25, 0.3) is 10.9 Å². The molecule has 5 nitrogen and oxygen atoms in total. The summed E-state index contributed by atoms with van der Waals surface area (Å²) in [6, 6.07) is 18.1. The first-order valence-electron chi connectivity index (χ1n) is 8.86. The zero-order chi connectivity index (χ0) is 18.2. The number of fused-ring (bicyclic) bond motifs is 1. The Labute approximate surface area is 176 Å². The second-order valence-corrected chi connectivity index (χ2v) is 6.04. The summed E-state index contributed by atoms with van der Waals surface area (Å²) >= 11 is 0. The van der Waals surface area contributed by atoms with Crippen LogP contribution in [0, 0.1) is 11.3 Å². The number of aliphatic imine (C=N–C) groups is 1. The summed E-state index contributed by atoms with van der Waals surface area (Å²) in [4.78, 5) is 7.93. The maximum absolute atomic E-state index is 8.99. The number of guanidine groups is 1. The molecule has 0 fully saturated rings. The Balaban J connectivity index is 0.00000261. The minimum Gasteiger partial charge on any atom is -0.361 e. The van der Waals surface area contributed by atoms with E-state index in [9.17, 15) is 0 Å². The SMILES string of the molecule is CCNC(=NCc1cccc(C#N)c1)NCCc1c[nH]c2ccccc12.I. The average Bonchev–Trinajstić information content (AvgIpc) is 3.09. The van der Waals surface area contributed by atoms with E-state index in [1.807, 2.05) is 31.2 Å². The summed E-state index contributed by atoms with van der Waals surface area (Å²) in [7, 11) is 0. The van der Waals surface area contributed by atoms with E-state index in [0.717, 1.165) is 31.0 Å². The fourth-order valence-corrected chi connectivity index (χ4v) is 2.91. The van der Waals surface area contributed by atoms with Gasteiger partial charge in [-0.25, -0.2) is 4.99 Å². The number of nitriles is 1. The molecule has 0 aliphatic rings. The molecule has 0 aliphatic carbocycles. The molecule has 2 aromatic carbocycles. The maximum Gasteiger partial charge on any atom is 0.191 e. The Morgan fingerprint density at radius 3 is 2.81 bits per heavy atom. The monoisotopic (exact) mass is 473 g/mol. The highest BCUT2D eigenvalue weighted by Gasteiger charge is 2.03. The van der Waals surface area contributed by atoms with Crippen molar-refractivity contribution >= 4 is 40.8 Å². The van der Waals surface area contributed by atoms with Crippen LogP contribution in [0.4, 0.5) is 0 Å². The third-order valence-corrected chi connectivity index (χ3v) is 4.18. The zero-order valence-corrected chi connectivity index (χ0v) is 17.7. The fourth-order valence-electron chi connectivity index (χ4n) is 2.91. The molecule has 1 heterocycles. The summed E-state index contributed by atoms with van der Waals surface area (Å²) in [6.45, 7) is 4.19.